The second-order valence-corrected chi connectivity index (χ2v) is 6.99. The second kappa shape index (κ2) is 6.69. The van der Waals surface area contributed by atoms with Gasteiger partial charge in [0.15, 0.2) is 0 Å². The lowest BCUT2D eigenvalue weighted by molar-refractivity contribution is 0.194. The molecule has 2 aromatic carbocycles. The molecule has 2 amide bonds. The van der Waals surface area contributed by atoms with Crippen molar-refractivity contribution in [3.05, 3.63) is 87.9 Å². The largest absolute Gasteiger partial charge is 0.322 e. The SMILES string of the molecule is O=C(Nc1ccccc1)N1CCc2sccc2C1c1ccc(F)cc1. The predicted octanol–water partition coefficient (Wildman–Crippen LogP) is 5.07. The van der Waals surface area contributed by atoms with Crippen molar-refractivity contribution in [2.45, 2.75) is 12.5 Å². The van der Waals surface area contributed by atoms with E-state index in [1.165, 1.54) is 17.0 Å². The molecule has 0 aliphatic carbocycles. The minimum Gasteiger partial charge on any atom is -0.313 e. The number of carbonyl (C=O) groups is 1. The van der Waals surface area contributed by atoms with Crippen LogP contribution in [0.15, 0.2) is 66.0 Å². The fourth-order valence-electron chi connectivity index (χ4n) is 3.26. The number of benzene rings is 2. The average Bonchev–Trinajstić information content (AvgIpc) is 3.11. The molecule has 1 unspecified atom stereocenters. The van der Waals surface area contributed by atoms with E-state index in [1.807, 2.05) is 35.2 Å². The Bertz CT molecular complexity index is 876. The highest BCUT2D eigenvalue weighted by molar-refractivity contribution is 7.10. The van der Waals surface area contributed by atoms with Crippen molar-refractivity contribution < 1.29 is 9.18 Å². The summed E-state index contributed by atoms with van der Waals surface area (Å²) < 4.78 is 13.3. The third kappa shape index (κ3) is 3.15. The molecule has 0 fully saturated rings. The zero-order valence-electron chi connectivity index (χ0n) is 13.5. The second-order valence-electron chi connectivity index (χ2n) is 5.99. The molecule has 0 radical (unpaired) electrons. The van der Waals surface area contributed by atoms with Gasteiger partial charge < -0.3 is 10.2 Å². The molecule has 1 aliphatic rings. The molecular formula is C20H17FN2OS. The Kier molecular flexibility index (Phi) is 4.24. The molecular weight excluding hydrogens is 335 g/mol. The Labute approximate surface area is 149 Å². The van der Waals surface area contributed by atoms with Crippen LogP contribution in [0.5, 0.6) is 0 Å². The number of nitrogens with one attached hydrogen (secondary N) is 1. The number of anilines is 1. The molecule has 3 nitrogen and oxygen atoms in total. The van der Waals surface area contributed by atoms with Gasteiger partial charge in [0, 0.05) is 17.1 Å². The molecule has 0 bridgehead atoms. The highest BCUT2D eigenvalue weighted by atomic mass is 32.1. The van der Waals surface area contributed by atoms with Gasteiger partial charge in [-0.1, -0.05) is 30.3 Å². The van der Waals surface area contributed by atoms with Crippen LogP contribution in [0.3, 0.4) is 0 Å². The monoisotopic (exact) mass is 352 g/mol. The van der Waals surface area contributed by atoms with Crippen molar-refractivity contribution in [3.8, 4) is 0 Å². The van der Waals surface area contributed by atoms with Crippen LogP contribution in [0.2, 0.25) is 0 Å². The minimum atomic E-state index is -0.273. The Morgan fingerprint density at radius 3 is 2.60 bits per heavy atom. The van der Waals surface area contributed by atoms with Crippen LogP contribution < -0.4 is 5.32 Å². The number of urea groups is 1. The van der Waals surface area contributed by atoms with Crippen molar-refractivity contribution in [1.29, 1.82) is 0 Å². The molecule has 0 spiro atoms. The van der Waals surface area contributed by atoms with E-state index in [0.29, 0.717) is 6.54 Å². The van der Waals surface area contributed by atoms with Crippen LogP contribution in [0, 0.1) is 5.82 Å². The number of hydrogen-bond donors (Lipinski definition) is 1. The molecule has 2 heterocycles. The van der Waals surface area contributed by atoms with Crippen molar-refractivity contribution in [2.75, 3.05) is 11.9 Å². The lowest BCUT2D eigenvalue weighted by atomic mass is 9.93. The number of thiophene rings is 1. The topological polar surface area (TPSA) is 32.3 Å². The summed E-state index contributed by atoms with van der Waals surface area (Å²) in [5, 5.41) is 5.02. The van der Waals surface area contributed by atoms with Crippen molar-refractivity contribution in [3.63, 3.8) is 0 Å². The maximum Gasteiger partial charge on any atom is 0.322 e. The minimum absolute atomic E-state index is 0.141. The van der Waals surface area contributed by atoms with Crippen LogP contribution in [0.25, 0.3) is 0 Å². The van der Waals surface area contributed by atoms with Crippen LogP contribution in [-0.4, -0.2) is 17.5 Å². The van der Waals surface area contributed by atoms with Gasteiger partial charge in [-0.05, 0) is 53.3 Å². The molecule has 0 saturated heterocycles. The van der Waals surface area contributed by atoms with Crippen LogP contribution in [-0.2, 0) is 6.42 Å². The van der Waals surface area contributed by atoms with Crippen LogP contribution >= 0.6 is 11.3 Å². The summed E-state index contributed by atoms with van der Waals surface area (Å²) in [4.78, 5) is 16.0. The Morgan fingerprint density at radius 1 is 1.08 bits per heavy atom. The molecule has 3 aromatic rings. The smallest absolute Gasteiger partial charge is 0.313 e. The molecule has 25 heavy (non-hydrogen) atoms. The summed E-state index contributed by atoms with van der Waals surface area (Å²) in [7, 11) is 0. The third-order valence-corrected chi connectivity index (χ3v) is 5.43. The van der Waals surface area contributed by atoms with Gasteiger partial charge in [-0.3, -0.25) is 0 Å². The van der Waals surface area contributed by atoms with Gasteiger partial charge in [0.1, 0.15) is 5.82 Å². The average molecular weight is 352 g/mol. The van der Waals surface area contributed by atoms with E-state index in [4.69, 9.17) is 0 Å². The van der Waals surface area contributed by atoms with E-state index >= 15 is 0 Å². The summed E-state index contributed by atoms with van der Waals surface area (Å²) in [6.07, 6.45) is 0.840. The van der Waals surface area contributed by atoms with Crippen molar-refractivity contribution >= 4 is 23.1 Å². The summed E-state index contributed by atoms with van der Waals surface area (Å²) in [5.41, 5.74) is 2.82. The maximum atomic E-state index is 13.3. The molecule has 0 saturated carbocycles. The van der Waals surface area contributed by atoms with Gasteiger partial charge in [-0.15, -0.1) is 11.3 Å². The fourth-order valence-corrected chi connectivity index (χ4v) is 4.16. The number of fused-ring (bicyclic) bond motifs is 1. The number of rotatable bonds is 2. The molecule has 5 heteroatoms. The fraction of sp³-hybridized carbons (Fsp3) is 0.150. The lowest BCUT2D eigenvalue weighted by Gasteiger charge is -2.36. The Hall–Kier alpha value is -2.66. The Morgan fingerprint density at radius 2 is 1.84 bits per heavy atom. The molecule has 1 aliphatic heterocycles. The van der Waals surface area contributed by atoms with E-state index in [-0.39, 0.29) is 17.9 Å². The molecule has 4 rings (SSSR count). The predicted molar refractivity (Wildman–Crippen MR) is 98.4 cm³/mol. The van der Waals surface area contributed by atoms with Gasteiger partial charge in [0.05, 0.1) is 6.04 Å². The van der Waals surface area contributed by atoms with Gasteiger partial charge in [0.2, 0.25) is 0 Å². The molecule has 126 valence electrons. The number of para-hydroxylation sites is 1. The first-order valence-corrected chi connectivity index (χ1v) is 9.05. The van der Waals surface area contributed by atoms with Gasteiger partial charge in [0.25, 0.3) is 0 Å². The number of halogens is 1. The maximum absolute atomic E-state index is 13.3. The molecule has 1 atom stereocenters. The number of amides is 2. The van der Waals surface area contributed by atoms with E-state index in [1.54, 1.807) is 23.5 Å². The van der Waals surface area contributed by atoms with Crippen LogP contribution in [0.1, 0.15) is 22.0 Å². The molecule has 1 N–H and O–H groups in total. The van der Waals surface area contributed by atoms with E-state index < -0.39 is 0 Å². The third-order valence-electron chi connectivity index (χ3n) is 4.44. The zero-order valence-corrected chi connectivity index (χ0v) is 14.3. The number of nitrogens with zero attached hydrogens (tertiary/aromatic N) is 1. The zero-order chi connectivity index (χ0) is 17.2. The highest BCUT2D eigenvalue weighted by Crippen LogP contribution is 2.38. The lowest BCUT2D eigenvalue weighted by Crippen LogP contribution is -2.42. The first-order chi connectivity index (χ1) is 12.2. The summed E-state index contributed by atoms with van der Waals surface area (Å²) >= 11 is 1.71. The number of carbonyl (C=O) groups excluding carboxylic acids is 1. The van der Waals surface area contributed by atoms with E-state index in [2.05, 4.69) is 16.8 Å². The first kappa shape index (κ1) is 15.8. The van der Waals surface area contributed by atoms with Gasteiger partial charge >= 0.3 is 6.03 Å². The van der Waals surface area contributed by atoms with Gasteiger partial charge in [-0.25, -0.2) is 9.18 Å². The standard InChI is InChI=1S/C20H17FN2OS/c21-15-8-6-14(7-9-15)19-17-11-13-25-18(17)10-12-23(19)20(24)22-16-4-2-1-3-5-16/h1-9,11,13,19H,10,12H2,(H,22,24). The van der Waals surface area contributed by atoms with Crippen molar-refractivity contribution in [2.24, 2.45) is 0 Å². The van der Waals surface area contributed by atoms with E-state index in [9.17, 15) is 9.18 Å². The van der Waals surface area contributed by atoms with E-state index in [0.717, 1.165) is 23.2 Å². The quantitative estimate of drug-likeness (QED) is 0.686. The summed E-state index contributed by atoms with van der Waals surface area (Å²) in [5.74, 6) is -0.273. The van der Waals surface area contributed by atoms with Crippen molar-refractivity contribution in [1.82, 2.24) is 4.90 Å². The van der Waals surface area contributed by atoms with Crippen LogP contribution in [0.4, 0.5) is 14.9 Å². The summed E-state index contributed by atoms with van der Waals surface area (Å²) in [6, 6.07) is 17.6. The highest BCUT2D eigenvalue weighted by Gasteiger charge is 2.32. The number of hydrogen-bond acceptors (Lipinski definition) is 2. The Balaban J connectivity index is 1.68. The first-order valence-electron chi connectivity index (χ1n) is 8.17. The van der Waals surface area contributed by atoms with Gasteiger partial charge in [-0.2, -0.15) is 0 Å². The summed E-state index contributed by atoms with van der Waals surface area (Å²) in [6.45, 7) is 0.633. The molecule has 1 aromatic heterocycles. The normalized spacial score (nSPS) is 16.4.